The number of sulfonamides is 1. The SMILES string of the molecule is CC1(C)CCNC(=O)[C@@H](NS(=O)(=O)c2ccc(Cl)cc2)C1. The second-order valence-corrected chi connectivity index (χ2v) is 8.19. The van der Waals surface area contributed by atoms with Crippen LogP contribution in [0, 0.1) is 5.41 Å². The molecule has 5 nitrogen and oxygen atoms in total. The van der Waals surface area contributed by atoms with Gasteiger partial charge in [-0.3, -0.25) is 4.79 Å². The van der Waals surface area contributed by atoms with Gasteiger partial charge in [0.25, 0.3) is 0 Å². The summed E-state index contributed by atoms with van der Waals surface area (Å²) in [7, 11) is -3.75. The summed E-state index contributed by atoms with van der Waals surface area (Å²) in [6.45, 7) is 4.61. The fourth-order valence-electron chi connectivity index (χ4n) is 2.36. The van der Waals surface area contributed by atoms with Crippen molar-refractivity contribution in [3.63, 3.8) is 0 Å². The smallest absolute Gasteiger partial charge is 0.241 e. The molecule has 0 radical (unpaired) electrons. The minimum absolute atomic E-state index is 0.0988. The number of benzene rings is 1. The molecule has 1 fully saturated rings. The number of hydrogen-bond acceptors (Lipinski definition) is 3. The van der Waals surface area contributed by atoms with Crippen LogP contribution in [0.15, 0.2) is 29.2 Å². The highest BCUT2D eigenvalue weighted by Crippen LogP contribution is 2.29. The van der Waals surface area contributed by atoms with Gasteiger partial charge in [-0.25, -0.2) is 8.42 Å². The first-order valence-corrected chi connectivity index (χ1v) is 8.61. The third-order valence-electron chi connectivity index (χ3n) is 3.60. The van der Waals surface area contributed by atoms with E-state index in [1.54, 1.807) is 0 Å². The zero-order valence-electron chi connectivity index (χ0n) is 12.0. The first kappa shape index (κ1) is 16.3. The zero-order valence-corrected chi connectivity index (χ0v) is 13.6. The summed E-state index contributed by atoms with van der Waals surface area (Å²) >= 11 is 5.76. The van der Waals surface area contributed by atoms with Gasteiger partial charge in [-0.15, -0.1) is 0 Å². The third-order valence-corrected chi connectivity index (χ3v) is 5.34. The summed E-state index contributed by atoms with van der Waals surface area (Å²) in [5, 5.41) is 3.21. The number of carbonyl (C=O) groups is 1. The molecule has 1 aliphatic heterocycles. The van der Waals surface area contributed by atoms with E-state index in [0.29, 0.717) is 18.0 Å². The van der Waals surface area contributed by atoms with E-state index in [0.717, 1.165) is 6.42 Å². The zero-order chi connectivity index (χ0) is 15.7. The quantitative estimate of drug-likeness (QED) is 0.889. The van der Waals surface area contributed by atoms with E-state index in [1.165, 1.54) is 24.3 Å². The first-order valence-electron chi connectivity index (χ1n) is 6.75. The van der Waals surface area contributed by atoms with Crippen LogP contribution in [-0.2, 0) is 14.8 Å². The van der Waals surface area contributed by atoms with Gasteiger partial charge in [-0.2, -0.15) is 4.72 Å². The molecule has 1 aliphatic rings. The van der Waals surface area contributed by atoms with Crippen molar-refractivity contribution in [3.8, 4) is 0 Å². The van der Waals surface area contributed by atoms with Crippen LogP contribution >= 0.6 is 11.6 Å². The van der Waals surface area contributed by atoms with Gasteiger partial charge in [0, 0.05) is 11.6 Å². The van der Waals surface area contributed by atoms with Crippen molar-refractivity contribution < 1.29 is 13.2 Å². The lowest BCUT2D eigenvalue weighted by Crippen LogP contribution is -2.46. The molecular formula is C14H19ClN2O3S. The number of hydrogen-bond donors (Lipinski definition) is 2. The Morgan fingerprint density at radius 3 is 2.52 bits per heavy atom. The molecule has 1 aromatic carbocycles. The number of rotatable bonds is 3. The van der Waals surface area contributed by atoms with Crippen LogP contribution in [0.2, 0.25) is 5.02 Å². The lowest BCUT2D eigenvalue weighted by atomic mass is 9.84. The monoisotopic (exact) mass is 330 g/mol. The Kier molecular flexibility index (Phi) is 4.60. The van der Waals surface area contributed by atoms with Gasteiger partial charge in [0.1, 0.15) is 6.04 Å². The van der Waals surface area contributed by atoms with Crippen molar-refractivity contribution in [2.75, 3.05) is 6.54 Å². The lowest BCUT2D eigenvalue weighted by Gasteiger charge is -2.25. The standard InChI is InChI=1S/C14H19ClN2O3S/c1-14(2)7-8-16-13(18)12(9-14)17-21(19,20)11-5-3-10(15)4-6-11/h3-6,12,17H,7-9H2,1-2H3,(H,16,18)/t12-/m0/s1. The molecule has 1 aromatic rings. The molecule has 21 heavy (non-hydrogen) atoms. The number of nitrogens with one attached hydrogen (secondary N) is 2. The Morgan fingerprint density at radius 1 is 1.29 bits per heavy atom. The molecule has 1 saturated heterocycles. The molecule has 0 unspecified atom stereocenters. The van der Waals surface area contributed by atoms with Crippen molar-refractivity contribution in [3.05, 3.63) is 29.3 Å². The summed E-state index contributed by atoms with van der Waals surface area (Å²) in [5.41, 5.74) is -0.105. The molecule has 116 valence electrons. The van der Waals surface area contributed by atoms with Gasteiger partial charge in [0.2, 0.25) is 15.9 Å². The van der Waals surface area contributed by atoms with Gasteiger partial charge in [-0.05, 0) is 42.5 Å². The number of amides is 1. The van der Waals surface area contributed by atoms with Crippen molar-refractivity contribution >= 4 is 27.5 Å². The molecule has 2 rings (SSSR count). The molecule has 7 heteroatoms. The van der Waals surface area contributed by atoms with Gasteiger partial charge in [0.05, 0.1) is 4.90 Å². The average Bonchev–Trinajstić information content (AvgIpc) is 2.48. The maximum atomic E-state index is 12.3. The molecule has 0 aliphatic carbocycles. The Bertz CT molecular complexity index is 626. The second kappa shape index (κ2) is 5.94. The Morgan fingerprint density at radius 2 is 1.90 bits per heavy atom. The fraction of sp³-hybridized carbons (Fsp3) is 0.500. The maximum absolute atomic E-state index is 12.3. The van der Waals surface area contributed by atoms with Crippen molar-refractivity contribution in [2.45, 2.75) is 37.6 Å². The molecule has 1 heterocycles. The Labute approximate surface area is 130 Å². The van der Waals surface area contributed by atoms with Gasteiger partial charge < -0.3 is 5.32 Å². The van der Waals surface area contributed by atoms with E-state index < -0.39 is 16.1 Å². The van der Waals surface area contributed by atoms with Gasteiger partial charge in [-0.1, -0.05) is 25.4 Å². The summed E-state index contributed by atoms with van der Waals surface area (Å²) in [4.78, 5) is 12.1. The summed E-state index contributed by atoms with van der Waals surface area (Å²) in [6.07, 6.45) is 1.28. The van der Waals surface area contributed by atoms with E-state index in [-0.39, 0.29) is 16.2 Å². The van der Waals surface area contributed by atoms with E-state index >= 15 is 0 Å². The number of carbonyl (C=O) groups excluding carboxylic acids is 1. The molecule has 0 bridgehead atoms. The fourth-order valence-corrected chi connectivity index (χ4v) is 3.68. The van der Waals surface area contributed by atoms with Crippen LogP contribution in [0.25, 0.3) is 0 Å². The van der Waals surface area contributed by atoms with Crippen LogP contribution in [0.3, 0.4) is 0 Å². The van der Waals surface area contributed by atoms with E-state index in [4.69, 9.17) is 11.6 Å². The molecule has 0 spiro atoms. The van der Waals surface area contributed by atoms with Crippen molar-refractivity contribution in [1.29, 1.82) is 0 Å². The van der Waals surface area contributed by atoms with Crippen LogP contribution in [0.5, 0.6) is 0 Å². The van der Waals surface area contributed by atoms with Gasteiger partial charge in [0.15, 0.2) is 0 Å². The molecule has 0 aromatic heterocycles. The van der Waals surface area contributed by atoms with Crippen molar-refractivity contribution in [1.82, 2.24) is 10.0 Å². The summed E-state index contributed by atoms with van der Waals surface area (Å²) < 4.78 is 27.2. The largest absolute Gasteiger partial charge is 0.355 e. The predicted molar refractivity (Wildman–Crippen MR) is 81.6 cm³/mol. The minimum atomic E-state index is -3.75. The van der Waals surface area contributed by atoms with Crippen LogP contribution in [0.1, 0.15) is 26.7 Å². The summed E-state index contributed by atoms with van der Waals surface area (Å²) in [5.74, 6) is -0.280. The van der Waals surface area contributed by atoms with Crippen molar-refractivity contribution in [2.24, 2.45) is 5.41 Å². The van der Waals surface area contributed by atoms with E-state index in [9.17, 15) is 13.2 Å². The molecule has 2 N–H and O–H groups in total. The molecule has 1 atom stereocenters. The summed E-state index contributed by atoms with van der Waals surface area (Å²) in [6, 6.07) is 5.10. The third kappa shape index (κ3) is 4.18. The van der Waals surface area contributed by atoms with Gasteiger partial charge >= 0.3 is 0 Å². The average molecular weight is 331 g/mol. The topological polar surface area (TPSA) is 75.3 Å². The molecule has 0 saturated carbocycles. The highest BCUT2D eigenvalue weighted by Gasteiger charge is 2.34. The van der Waals surface area contributed by atoms with Crippen LogP contribution in [0.4, 0.5) is 0 Å². The maximum Gasteiger partial charge on any atom is 0.241 e. The Balaban J connectivity index is 2.22. The number of halogens is 1. The normalized spacial score (nSPS) is 22.4. The van der Waals surface area contributed by atoms with Crippen LogP contribution < -0.4 is 10.0 Å². The minimum Gasteiger partial charge on any atom is -0.355 e. The predicted octanol–water partition coefficient (Wildman–Crippen LogP) is 1.92. The first-order chi connectivity index (χ1) is 9.70. The highest BCUT2D eigenvalue weighted by atomic mass is 35.5. The van der Waals surface area contributed by atoms with E-state index in [2.05, 4.69) is 10.0 Å². The second-order valence-electron chi connectivity index (χ2n) is 6.04. The Hall–Kier alpha value is -1.11. The molecule has 1 amide bonds. The highest BCUT2D eigenvalue weighted by molar-refractivity contribution is 7.89. The van der Waals surface area contributed by atoms with Crippen LogP contribution in [-0.4, -0.2) is 26.9 Å². The molecular weight excluding hydrogens is 312 g/mol. The van der Waals surface area contributed by atoms with E-state index in [1.807, 2.05) is 13.8 Å². The lowest BCUT2D eigenvalue weighted by molar-refractivity contribution is -0.122.